The lowest BCUT2D eigenvalue weighted by Gasteiger charge is -2.33. The summed E-state index contributed by atoms with van der Waals surface area (Å²) in [5.41, 5.74) is 1.55. The van der Waals surface area contributed by atoms with Crippen molar-refractivity contribution < 1.29 is 9.90 Å². The number of carboxylic acids is 1. The summed E-state index contributed by atoms with van der Waals surface area (Å²) in [4.78, 5) is 17.1. The van der Waals surface area contributed by atoms with Crippen LogP contribution in [0.1, 0.15) is 31.7 Å². The van der Waals surface area contributed by atoms with Crippen molar-refractivity contribution in [2.45, 2.75) is 38.3 Å². The second-order valence-electron chi connectivity index (χ2n) is 5.72. The monoisotopic (exact) mass is 350 g/mol. The predicted molar refractivity (Wildman–Crippen MR) is 86.3 cm³/mol. The fourth-order valence-electron chi connectivity index (χ4n) is 3.45. The first-order valence-electron chi connectivity index (χ1n) is 7.31. The van der Waals surface area contributed by atoms with Crippen molar-refractivity contribution in [3.8, 4) is 0 Å². The van der Waals surface area contributed by atoms with E-state index in [4.69, 9.17) is 0 Å². The SMILES string of the molecule is CCC1(C(=O)O)CCCN1Cc1c[nH]c2ccc(Br)cc12. The summed E-state index contributed by atoms with van der Waals surface area (Å²) in [6, 6.07) is 6.13. The zero-order valence-electron chi connectivity index (χ0n) is 12.0. The van der Waals surface area contributed by atoms with E-state index in [2.05, 4.69) is 31.9 Å². The highest BCUT2D eigenvalue weighted by molar-refractivity contribution is 9.10. The number of carboxylic acid groups (broad SMARTS) is 1. The second-order valence-corrected chi connectivity index (χ2v) is 6.63. The summed E-state index contributed by atoms with van der Waals surface area (Å²) in [5, 5.41) is 10.8. The van der Waals surface area contributed by atoms with E-state index in [1.54, 1.807) is 0 Å². The van der Waals surface area contributed by atoms with Crippen LogP contribution in [0.2, 0.25) is 0 Å². The van der Waals surface area contributed by atoms with Crippen LogP contribution in [0.25, 0.3) is 10.9 Å². The number of halogens is 1. The van der Waals surface area contributed by atoms with E-state index in [1.165, 1.54) is 0 Å². The number of benzene rings is 1. The highest BCUT2D eigenvalue weighted by Gasteiger charge is 2.46. The molecule has 0 saturated carbocycles. The molecule has 1 saturated heterocycles. The maximum absolute atomic E-state index is 11.8. The normalized spacial score (nSPS) is 23.0. The average Bonchev–Trinajstić information content (AvgIpc) is 3.04. The molecule has 112 valence electrons. The maximum Gasteiger partial charge on any atom is 0.324 e. The van der Waals surface area contributed by atoms with Gasteiger partial charge in [0.25, 0.3) is 0 Å². The quantitative estimate of drug-likeness (QED) is 0.882. The highest BCUT2D eigenvalue weighted by Crippen LogP contribution is 2.35. The minimum Gasteiger partial charge on any atom is -0.480 e. The van der Waals surface area contributed by atoms with Gasteiger partial charge in [-0.05, 0) is 49.6 Å². The lowest BCUT2D eigenvalue weighted by molar-refractivity contribution is -0.150. The predicted octanol–water partition coefficient (Wildman–Crippen LogP) is 3.76. The van der Waals surface area contributed by atoms with Crippen LogP contribution in [0.5, 0.6) is 0 Å². The van der Waals surface area contributed by atoms with Gasteiger partial charge >= 0.3 is 5.97 Å². The molecule has 1 aliphatic rings. The number of aromatic amines is 1. The van der Waals surface area contributed by atoms with E-state index in [1.807, 2.05) is 25.3 Å². The topological polar surface area (TPSA) is 56.3 Å². The Kier molecular flexibility index (Phi) is 3.80. The molecule has 0 bridgehead atoms. The molecule has 21 heavy (non-hydrogen) atoms. The van der Waals surface area contributed by atoms with Crippen LogP contribution in [-0.2, 0) is 11.3 Å². The molecule has 1 aromatic heterocycles. The van der Waals surface area contributed by atoms with E-state index in [9.17, 15) is 9.90 Å². The first kappa shape index (κ1) is 14.6. The Morgan fingerprint density at radius 1 is 1.52 bits per heavy atom. The summed E-state index contributed by atoms with van der Waals surface area (Å²) < 4.78 is 1.04. The average molecular weight is 351 g/mol. The van der Waals surface area contributed by atoms with Crippen molar-refractivity contribution >= 4 is 32.8 Å². The highest BCUT2D eigenvalue weighted by atomic mass is 79.9. The Bertz CT molecular complexity index is 682. The molecule has 0 amide bonds. The number of likely N-dealkylation sites (tertiary alicyclic amines) is 1. The number of rotatable bonds is 4. The Morgan fingerprint density at radius 3 is 3.05 bits per heavy atom. The molecule has 1 fully saturated rings. The molecule has 2 heterocycles. The molecule has 3 rings (SSSR count). The third-order valence-electron chi connectivity index (χ3n) is 4.70. The Morgan fingerprint density at radius 2 is 2.33 bits per heavy atom. The number of hydrogen-bond acceptors (Lipinski definition) is 2. The van der Waals surface area contributed by atoms with Crippen molar-refractivity contribution in [1.82, 2.24) is 9.88 Å². The van der Waals surface area contributed by atoms with Crippen molar-refractivity contribution in [3.05, 3.63) is 34.4 Å². The fourth-order valence-corrected chi connectivity index (χ4v) is 3.81. The largest absolute Gasteiger partial charge is 0.480 e. The van der Waals surface area contributed by atoms with Crippen molar-refractivity contribution in [3.63, 3.8) is 0 Å². The molecular formula is C16H19BrN2O2. The van der Waals surface area contributed by atoms with Gasteiger partial charge < -0.3 is 10.1 Å². The standard InChI is InChI=1S/C16H19BrN2O2/c1-2-16(15(20)21)6-3-7-19(16)10-11-9-18-14-5-4-12(17)8-13(11)14/h4-5,8-9,18H,2-3,6-7,10H2,1H3,(H,20,21). The Balaban J connectivity index is 1.94. The van der Waals surface area contributed by atoms with Crippen LogP contribution in [0, 0.1) is 0 Å². The minimum absolute atomic E-state index is 0.647. The number of H-pyrrole nitrogens is 1. The van der Waals surface area contributed by atoms with Crippen LogP contribution < -0.4 is 0 Å². The fraction of sp³-hybridized carbons (Fsp3) is 0.438. The summed E-state index contributed by atoms with van der Waals surface area (Å²) in [6.45, 7) is 3.50. The van der Waals surface area contributed by atoms with E-state index < -0.39 is 11.5 Å². The molecule has 0 aliphatic carbocycles. The Labute approximate surface area is 132 Å². The summed E-state index contributed by atoms with van der Waals surface area (Å²) in [6.07, 6.45) is 4.34. The van der Waals surface area contributed by atoms with Gasteiger partial charge in [0.2, 0.25) is 0 Å². The number of carbonyl (C=O) groups is 1. The minimum atomic E-state index is -0.699. The van der Waals surface area contributed by atoms with Gasteiger partial charge in [-0.1, -0.05) is 22.9 Å². The van der Waals surface area contributed by atoms with Gasteiger partial charge in [-0.3, -0.25) is 9.69 Å². The molecule has 0 radical (unpaired) electrons. The Hall–Kier alpha value is -1.33. The second kappa shape index (κ2) is 5.46. The van der Waals surface area contributed by atoms with Crippen molar-refractivity contribution in [2.75, 3.05) is 6.54 Å². The molecule has 2 aromatic rings. The number of hydrogen-bond donors (Lipinski definition) is 2. The first-order chi connectivity index (χ1) is 10.1. The number of fused-ring (bicyclic) bond motifs is 1. The molecule has 1 atom stereocenters. The van der Waals surface area contributed by atoms with Crippen LogP contribution in [-0.4, -0.2) is 33.0 Å². The molecule has 4 nitrogen and oxygen atoms in total. The van der Waals surface area contributed by atoms with Crippen LogP contribution in [0.3, 0.4) is 0 Å². The van der Waals surface area contributed by atoms with Crippen LogP contribution >= 0.6 is 15.9 Å². The third-order valence-corrected chi connectivity index (χ3v) is 5.19. The molecule has 1 unspecified atom stereocenters. The van der Waals surface area contributed by atoms with E-state index in [0.717, 1.165) is 40.3 Å². The number of nitrogens with one attached hydrogen (secondary N) is 1. The van der Waals surface area contributed by atoms with E-state index in [-0.39, 0.29) is 0 Å². The molecule has 1 aliphatic heterocycles. The van der Waals surface area contributed by atoms with Gasteiger partial charge in [-0.25, -0.2) is 0 Å². The molecule has 2 N–H and O–H groups in total. The third kappa shape index (κ3) is 2.38. The smallest absolute Gasteiger partial charge is 0.324 e. The van der Waals surface area contributed by atoms with Gasteiger partial charge in [0.15, 0.2) is 0 Å². The number of aromatic nitrogens is 1. The van der Waals surface area contributed by atoms with Gasteiger partial charge in [-0.15, -0.1) is 0 Å². The van der Waals surface area contributed by atoms with Gasteiger partial charge in [0.1, 0.15) is 5.54 Å². The van der Waals surface area contributed by atoms with Crippen molar-refractivity contribution in [2.24, 2.45) is 0 Å². The lowest BCUT2D eigenvalue weighted by Crippen LogP contribution is -2.49. The lowest BCUT2D eigenvalue weighted by atomic mass is 9.92. The van der Waals surface area contributed by atoms with Gasteiger partial charge in [-0.2, -0.15) is 0 Å². The molecule has 0 spiro atoms. The van der Waals surface area contributed by atoms with Crippen LogP contribution in [0.4, 0.5) is 0 Å². The summed E-state index contributed by atoms with van der Waals surface area (Å²) >= 11 is 3.50. The maximum atomic E-state index is 11.8. The molecule has 1 aromatic carbocycles. The van der Waals surface area contributed by atoms with E-state index >= 15 is 0 Å². The summed E-state index contributed by atoms with van der Waals surface area (Å²) in [7, 11) is 0. The first-order valence-corrected chi connectivity index (χ1v) is 8.10. The molecular weight excluding hydrogens is 332 g/mol. The zero-order chi connectivity index (χ0) is 15.0. The van der Waals surface area contributed by atoms with Crippen molar-refractivity contribution in [1.29, 1.82) is 0 Å². The zero-order valence-corrected chi connectivity index (χ0v) is 13.6. The molecule has 5 heteroatoms. The van der Waals surface area contributed by atoms with Gasteiger partial charge in [0, 0.05) is 28.1 Å². The number of nitrogens with zero attached hydrogens (tertiary/aromatic N) is 1. The van der Waals surface area contributed by atoms with Crippen LogP contribution in [0.15, 0.2) is 28.9 Å². The van der Waals surface area contributed by atoms with Gasteiger partial charge in [0.05, 0.1) is 0 Å². The van der Waals surface area contributed by atoms with E-state index in [0.29, 0.717) is 13.0 Å². The number of aliphatic carboxylic acids is 1. The summed E-state index contributed by atoms with van der Waals surface area (Å²) in [5.74, 6) is -0.691.